The predicted molar refractivity (Wildman–Crippen MR) is 159 cm³/mol. The summed E-state index contributed by atoms with van der Waals surface area (Å²) in [5.74, 6) is -4.70. The van der Waals surface area contributed by atoms with Gasteiger partial charge in [0.05, 0.1) is 12.0 Å². The Balaban J connectivity index is 1.49. The number of benzene rings is 4. The SMILES string of the molecule is CCc1cc(CC(=O)OCC(C(=O)O)(C(=O)O)c2ccccc2)ccc1NC(=O)c1ccccc1-c1ccc(C(F)(F)F)cc1. The second kappa shape index (κ2) is 13.5. The van der Waals surface area contributed by atoms with Gasteiger partial charge in [-0.05, 0) is 58.5 Å². The molecule has 232 valence electrons. The van der Waals surface area contributed by atoms with Gasteiger partial charge in [0, 0.05) is 11.3 Å². The molecule has 0 spiro atoms. The topological polar surface area (TPSA) is 130 Å². The van der Waals surface area contributed by atoms with Gasteiger partial charge < -0.3 is 20.3 Å². The van der Waals surface area contributed by atoms with E-state index in [1.54, 1.807) is 48.5 Å². The molecule has 1 amide bonds. The Morgan fingerprint density at radius 3 is 2.00 bits per heavy atom. The van der Waals surface area contributed by atoms with E-state index in [0.29, 0.717) is 34.4 Å². The van der Waals surface area contributed by atoms with E-state index in [-0.39, 0.29) is 17.5 Å². The molecular weight excluding hydrogens is 591 g/mol. The van der Waals surface area contributed by atoms with Gasteiger partial charge in [-0.1, -0.05) is 79.7 Å². The van der Waals surface area contributed by atoms with Crippen LogP contribution >= 0.6 is 0 Å². The number of alkyl halides is 3. The van der Waals surface area contributed by atoms with Crippen LogP contribution in [-0.4, -0.2) is 40.6 Å². The lowest BCUT2D eigenvalue weighted by Crippen LogP contribution is -2.48. The molecular formula is C34H28F3NO7. The van der Waals surface area contributed by atoms with Crippen LogP contribution in [0.1, 0.15) is 39.5 Å². The van der Waals surface area contributed by atoms with Gasteiger partial charge >= 0.3 is 24.1 Å². The summed E-state index contributed by atoms with van der Waals surface area (Å²) in [5.41, 5.74) is -0.638. The lowest BCUT2D eigenvalue weighted by molar-refractivity contribution is -0.164. The predicted octanol–water partition coefficient (Wildman–Crippen LogP) is 6.38. The third-order valence-electron chi connectivity index (χ3n) is 7.29. The van der Waals surface area contributed by atoms with Crippen molar-refractivity contribution >= 4 is 29.5 Å². The first-order valence-corrected chi connectivity index (χ1v) is 13.7. The van der Waals surface area contributed by atoms with Gasteiger partial charge in [-0.15, -0.1) is 0 Å². The minimum Gasteiger partial charge on any atom is -0.480 e. The van der Waals surface area contributed by atoms with E-state index in [4.69, 9.17) is 4.74 Å². The van der Waals surface area contributed by atoms with Gasteiger partial charge in [0.25, 0.3) is 5.91 Å². The number of hydrogen-bond donors (Lipinski definition) is 3. The molecule has 45 heavy (non-hydrogen) atoms. The maximum atomic E-state index is 13.3. The van der Waals surface area contributed by atoms with E-state index in [0.717, 1.165) is 12.1 Å². The number of amides is 1. The first kappa shape index (κ1) is 32.5. The minimum absolute atomic E-state index is 0.0499. The molecule has 0 aromatic heterocycles. The zero-order valence-corrected chi connectivity index (χ0v) is 23.9. The standard InChI is InChI=1S/C34H28F3NO7/c1-2-22-18-21(19-29(39)45-20-33(31(41)42,32(43)44)24-8-4-3-5-9-24)12-17-28(22)38-30(40)27-11-7-6-10-26(27)23-13-15-25(16-14-23)34(35,36)37/h3-18H,2,19-20H2,1H3,(H,38,40)(H,41,42)(H,43,44). The highest BCUT2D eigenvalue weighted by Gasteiger charge is 2.50. The highest BCUT2D eigenvalue weighted by molar-refractivity contribution is 6.09. The van der Waals surface area contributed by atoms with Crippen LogP contribution in [0.3, 0.4) is 0 Å². The van der Waals surface area contributed by atoms with Crippen molar-refractivity contribution in [3.63, 3.8) is 0 Å². The molecule has 0 saturated heterocycles. The average molecular weight is 620 g/mol. The van der Waals surface area contributed by atoms with E-state index in [1.165, 1.54) is 36.4 Å². The molecule has 0 aliphatic carbocycles. The second-order valence-corrected chi connectivity index (χ2v) is 10.1. The van der Waals surface area contributed by atoms with Gasteiger partial charge in [-0.2, -0.15) is 13.2 Å². The molecule has 0 unspecified atom stereocenters. The zero-order valence-electron chi connectivity index (χ0n) is 23.9. The van der Waals surface area contributed by atoms with E-state index in [2.05, 4.69) is 5.32 Å². The van der Waals surface area contributed by atoms with Gasteiger partial charge in [0.15, 0.2) is 0 Å². The molecule has 4 aromatic rings. The Bertz CT molecular complexity index is 1700. The summed E-state index contributed by atoms with van der Waals surface area (Å²) >= 11 is 0. The Morgan fingerprint density at radius 2 is 1.40 bits per heavy atom. The van der Waals surface area contributed by atoms with Gasteiger partial charge in [-0.25, -0.2) is 0 Å². The summed E-state index contributed by atoms with van der Waals surface area (Å²) in [6.07, 6.45) is -4.32. The molecule has 11 heteroatoms. The van der Waals surface area contributed by atoms with Crippen molar-refractivity contribution < 1.29 is 47.3 Å². The second-order valence-electron chi connectivity index (χ2n) is 10.1. The molecule has 0 bridgehead atoms. The first-order chi connectivity index (χ1) is 21.4. The summed E-state index contributed by atoms with van der Waals surface area (Å²) in [5, 5.41) is 22.4. The minimum atomic E-state index is -4.49. The van der Waals surface area contributed by atoms with Crippen LogP contribution in [0.5, 0.6) is 0 Å². The maximum Gasteiger partial charge on any atom is 0.416 e. The molecule has 8 nitrogen and oxygen atoms in total. The van der Waals surface area contributed by atoms with Crippen LogP contribution < -0.4 is 5.32 Å². The highest BCUT2D eigenvalue weighted by atomic mass is 19.4. The van der Waals surface area contributed by atoms with Crippen LogP contribution in [0.15, 0.2) is 97.1 Å². The maximum absolute atomic E-state index is 13.3. The number of halogens is 3. The number of hydrogen-bond acceptors (Lipinski definition) is 5. The highest BCUT2D eigenvalue weighted by Crippen LogP contribution is 2.32. The average Bonchev–Trinajstić information content (AvgIpc) is 3.02. The first-order valence-electron chi connectivity index (χ1n) is 13.7. The lowest BCUT2D eigenvalue weighted by atomic mass is 9.81. The number of aliphatic carboxylic acids is 2. The van der Waals surface area contributed by atoms with Crippen molar-refractivity contribution in [1.82, 2.24) is 0 Å². The van der Waals surface area contributed by atoms with Gasteiger partial charge in [-0.3, -0.25) is 19.2 Å². The number of nitrogens with one attached hydrogen (secondary N) is 1. The molecule has 4 aromatic carbocycles. The number of esters is 1. The van der Waals surface area contributed by atoms with Crippen molar-refractivity contribution in [2.45, 2.75) is 31.4 Å². The van der Waals surface area contributed by atoms with E-state index < -0.39 is 47.6 Å². The number of carboxylic acid groups (broad SMARTS) is 2. The monoisotopic (exact) mass is 619 g/mol. The van der Waals surface area contributed by atoms with Crippen LogP contribution in [0, 0.1) is 0 Å². The van der Waals surface area contributed by atoms with Gasteiger partial charge in [0.1, 0.15) is 6.61 Å². The van der Waals surface area contributed by atoms with Crippen LogP contribution in [-0.2, 0) is 43.6 Å². The van der Waals surface area contributed by atoms with Crippen LogP contribution in [0.25, 0.3) is 11.1 Å². The summed E-state index contributed by atoms with van der Waals surface area (Å²) < 4.78 is 44.2. The molecule has 0 aliphatic heterocycles. The Morgan fingerprint density at radius 1 is 0.778 bits per heavy atom. The zero-order chi connectivity index (χ0) is 32.8. The number of ether oxygens (including phenoxy) is 1. The number of aryl methyl sites for hydroxylation is 1. The number of anilines is 1. The molecule has 4 rings (SSSR count). The molecule has 0 heterocycles. The fourth-order valence-corrected chi connectivity index (χ4v) is 4.81. The van der Waals surface area contributed by atoms with Crippen molar-refractivity contribution in [2.75, 3.05) is 11.9 Å². The summed E-state index contributed by atoms with van der Waals surface area (Å²) in [6.45, 7) is 0.908. The fourth-order valence-electron chi connectivity index (χ4n) is 4.81. The molecule has 0 atom stereocenters. The van der Waals surface area contributed by atoms with Crippen molar-refractivity contribution in [3.8, 4) is 11.1 Å². The number of carboxylic acids is 2. The molecule has 0 fully saturated rings. The van der Waals surface area contributed by atoms with Crippen molar-refractivity contribution in [3.05, 3.63) is 125 Å². The number of rotatable bonds is 11. The summed E-state index contributed by atoms with van der Waals surface area (Å²) in [7, 11) is 0. The number of carbonyl (C=O) groups is 4. The number of carbonyl (C=O) groups excluding carboxylic acids is 2. The van der Waals surface area contributed by atoms with Crippen molar-refractivity contribution in [1.29, 1.82) is 0 Å². The quantitative estimate of drug-likeness (QED) is 0.131. The van der Waals surface area contributed by atoms with E-state index >= 15 is 0 Å². The van der Waals surface area contributed by atoms with Gasteiger partial charge in [0.2, 0.25) is 5.41 Å². The van der Waals surface area contributed by atoms with E-state index in [9.17, 15) is 42.6 Å². The van der Waals surface area contributed by atoms with E-state index in [1.807, 2.05) is 6.92 Å². The molecule has 0 aliphatic rings. The van der Waals surface area contributed by atoms with Crippen LogP contribution in [0.4, 0.5) is 18.9 Å². The van der Waals surface area contributed by atoms with Crippen molar-refractivity contribution in [2.24, 2.45) is 0 Å². The largest absolute Gasteiger partial charge is 0.480 e. The molecule has 0 saturated carbocycles. The Labute approximate surface area is 256 Å². The Kier molecular flexibility index (Phi) is 9.71. The molecule has 0 radical (unpaired) electrons. The summed E-state index contributed by atoms with van der Waals surface area (Å²) in [4.78, 5) is 50.1. The normalized spacial score (nSPS) is 11.5. The lowest BCUT2D eigenvalue weighted by Gasteiger charge is -2.25. The third-order valence-corrected chi connectivity index (χ3v) is 7.29. The summed E-state index contributed by atoms with van der Waals surface area (Å²) in [6, 6.07) is 23.1. The third kappa shape index (κ3) is 7.20. The fraction of sp³-hybridized carbons (Fsp3) is 0.176. The van der Waals surface area contributed by atoms with Crippen LogP contribution in [0.2, 0.25) is 0 Å². The smallest absolute Gasteiger partial charge is 0.416 e. The molecule has 3 N–H and O–H groups in total. The Hall–Kier alpha value is -5.45.